The summed E-state index contributed by atoms with van der Waals surface area (Å²) in [5.41, 5.74) is -0.530. The van der Waals surface area contributed by atoms with Crippen molar-refractivity contribution < 1.29 is 24.2 Å². The second-order valence-corrected chi connectivity index (χ2v) is 5.32. The monoisotopic (exact) mass is 301 g/mol. The summed E-state index contributed by atoms with van der Waals surface area (Å²) in [7, 11) is 1.33. The molecule has 1 rings (SSSR count). The van der Waals surface area contributed by atoms with Crippen LogP contribution in [0.2, 0.25) is 5.02 Å². The number of carboxylic acids is 1. The van der Waals surface area contributed by atoms with Gasteiger partial charge in [0.15, 0.2) is 5.75 Å². The first-order chi connectivity index (χ1) is 9.15. The highest BCUT2D eigenvalue weighted by molar-refractivity contribution is 6.35. The number of halogens is 1. The molecule has 0 radical (unpaired) electrons. The van der Waals surface area contributed by atoms with Crippen molar-refractivity contribution in [3.63, 3.8) is 0 Å². The number of carboxylic acid groups (broad SMARTS) is 1. The molecular formula is C13H16ClNO5. The molecule has 0 saturated carbocycles. The third-order valence-corrected chi connectivity index (χ3v) is 2.54. The first-order valence-corrected chi connectivity index (χ1v) is 6.13. The molecule has 1 aromatic rings. The maximum Gasteiger partial charge on any atom is 0.412 e. The van der Waals surface area contributed by atoms with E-state index in [1.807, 2.05) is 0 Å². The summed E-state index contributed by atoms with van der Waals surface area (Å²) in [6, 6.07) is 2.66. The van der Waals surface area contributed by atoms with Gasteiger partial charge in [-0.1, -0.05) is 11.6 Å². The summed E-state index contributed by atoms with van der Waals surface area (Å²) in [6.45, 7) is 5.18. The number of rotatable bonds is 3. The SMILES string of the molecule is COc1c(NC(=O)OC(C)(C)C)ccc(C(=O)O)c1Cl. The average Bonchev–Trinajstić information content (AvgIpc) is 2.26. The van der Waals surface area contributed by atoms with Gasteiger partial charge in [-0.2, -0.15) is 0 Å². The van der Waals surface area contributed by atoms with Crippen molar-refractivity contribution in [3.8, 4) is 5.75 Å². The average molecular weight is 302 g/mol. The number of carbonyl (C=O) groups is 2. The standard InChI is InChI=1S/C13H16ClNO5/c1-13(2,3)20-12(18)15-8-6-5-7(11(16)17)9(14)10(8)19-4/h5-6H,1-4H3,(H,15,18)(H,16,17). The molecule has 0 atom stereocenters. The normalized spacial score (nSPS) is 10.8. The van der Waals surface area contributed by atoms with Gasteiger partial charge in [0.05, 0.1) is 23.4 Å². The minimum Gasteiger partial charge on any atom is -0.493 e. The van der Waals surface area contributed by atoms with Gasteiger partial charge in [-0.3, -0.25) is 5.32 Å². The van der Waals surface area contributed by atoms with Crippen LogP contribution in [0.3, 0.4) is 0 Å². The molecule has 1 amide bonds. The number of nitrogens with one attached hydrogen (secondary N) is 1. The fourth-order valence-corrected chi connectivity index (χ4v) is 1.76. The fraction of sp³-hybridized carbons (Fsp3) is 0.385. The second kappa shape index (κ2) is 6.00. The summed E-state index contributed by atoms with van der Waals surface area (Å²) in [4.78, 5) is 22.6. The minimum absolute atomic E-state index is 0.0671. The van der Waals surface area contributed by atoms with E-state index < -0.39 is 17.7 Å². The molecule has 1 aromatic carbocycles. The van der Waals surface area contributed by atoms with Crippen LogP contribution in [0.4, 0.5) is 10.5 Å². The molecule has 2 N–H and O–H groups in total. The van der Waals surface area contributed by atoms with Gasteiger partial charge in [0.2, 0.25) is 0 Å². The molecule has 0 aliphatic heterocycles. The largest absolute Gasteiger partial charge is 0.493 e. The number of methoxy groups -OCH3 is 1. The molecule has 0 aliphatic rings. The van der Waals surface area contributed by atoms with E-state index in [9.17, 15) is 9.59 Å². The lowest BCUT2D eigenvalue weighted by atomic mass is 10.2. The first-order valence-electron chi connectivity index (χ1n) is 5.75. The molecule has 0 unspecified atom stereocenters. The Hall–Kier alpha value is -1.95. The summed E-state index contributed by atoms with van der Waals surface area (Å²) in [5.74, 6) is -1.12. The van der Waals surface area contributed by atoms with Crippen molar-refractivity contribution in [2.45, 2.75) is 26.4 Å². The maximum absolute atomic E-state index is 11.7. The maximum atomic E-state index is 11.7. The first kappa shape index (κ1) is 16.1. The predicted octanol–water partition coefficient (Wildman–Crippen LogP) is 3.39. The van der Waals surface area contributed by atoms with Gasteiger partial charge < -0.3 is 14.6 Å². The van der Waals surface area contributed by atoms with E-state index in [-0.39, 0.29) is 22.0 Å². The topological polar surface area (TPSA) is 84.9 Å². The Morgan fingerprint density at radius 3 is 2.35 bits per heavy atom. The molecule has 0 fully saturated rings. The van der Waals surface area contributed by atoms with Crippen molar-refractivity contribution in [1.29, 1.82) is 0 Å². The summed E-state index contributed by atoms with van der Waals surface area (Å²) in [6.07, 6.45) is -0.685. The highest BCUT2D eigenvalue weighted by atomic mass is 35.5. The third kappa shape index (κ3) is 4.03. The number of carbonyl (C=O) groups excluding carboxylic acids is 1. The van der Waals surface area contributed by atoms with Crippen LogP contribution in [-0.2, 0) is 4.74 Å². The Bertz CT molecular complexity index is 536. The second-order valence-electron chi connectivity index (χ2n) is 4.94. The predicted molar refractivity (Wildman–Crippen MR) is 74.8 cm³/mol. The zero-order valence-corrected chi connectivity index (χ0v) is 12.4. The van der Waals surface area contributed by atoms with Gasteiger partial charge in [-0.15, -0.1) is 0 Å². The van der Waals surface area contributed by atoms with Gasteiger partial charge >= 0.3 is 12.1 Å². The number of anilines is 1. The van der Waals surface area contributed by atoms with E-state index in [0.29, 0.717) is 0 Å². The van der Waals surface area contributed by atoms with Crippen LogP contribution in [0.5, 0.6) is 5.75 Å². The Morgan fingerprint density at radius 2 is 1.90 bits per heavy atom. The van der Waals surface area contributed by atoms with Crippen LogP contribution in [0.15, 0.2) is 12.1 Å². The lowest BCUT2D eigenvalue weighted by Crippen LogP contribution is -2.27. The smallest absolute Gasteiger partial charge is 0.412 e. The van der Waals surface area contributed by atoms with Crippen LogP contribution in [0.1, 0.15) is 31.1 Å². The van der Waals surface area contributed by atoms with Crippen LogP contribution >= 0.6 is 11.6 Å². The van der Waals surface area contributed by atoms with Crippen molar-refractivity contribution in [2.75, 3.05) is 12.4 Å². The van der Waals surface area contributed by atoms with E-state index >= 15 is 0 Å². The van der Waals surface area contributed by atoms with Crippen molar-refractivity contribution in [2.24, 2.45) is 0 Å². The molecule has 110 valence electrons. The summed E-state index contributed by atoms with van der Waals surface area (Å²) >= 11 is 5.93. The summed E-state index contributed by atoms with van der Waals surface area (Å²) in [5, 5.41) is 11.3. The Balaban J connectivity index is 3.05. The van der Waals surface area contributed by atoms with Gasteiger partial charge in [0.25, 0.3) is 0 Å². The third-order valence-electron chi connectivity index (χ3n) is 2.17. The number of amides is 1. The Morgan fingerprint density at radius 1 is 1.30 bits per heavy atom. The zero-order valence-electron chi connectivity index (χ0n) is 11.6. The number of aromatic carboxylic acids is 1. The van der Waals surface area contributed by atoms with Gasteiger partial charge in [-0.25, -0.2) is 9.59 Å². The Kier molecular flexibility index (Phi) is 4.83. The summed E-state index contributed by atoms with van der Waals surface area (Å²) < 4.78 is 10.1. The van der Waals surface area contributed by atoms with Crippen molar-refractivity contribution in [3.05, 3.63) is 22.7 Å². The minimum atomic E-state index is -1.18. The number of hydrogen-bond donors (Lipinski definition) is 2. The zero-order chi connectivity index (χ0) is 15.5. The Labute approximate surface area is 121 Å². The van der Waals surface area contributed by atoms with E-state index in [1.165, 1.54) is 19.2 Å². The van der Waals surface area contributed by atoms with E-state index in [1.54, 1.807) is 20.8 Å². The molecule has 0 aromatic heterocycles. The van der Waals surface area contributed by atoms with Crippen molar-refractivity contribution >= 4 is 29.4 Å². The number of hydrogen-bond acceptors (Lipinski definition) is 4. The quantitative estimate of drug-likeness (QED) is 0.894. The van der Waals surface area contributed by atoms with Crippen LogP contribution in [-0.4, -0.2) is 29.9 Å². The molecule has 7 heteroatoms. The van der Waals surface area contributed by atoms with Crippen LogP contribution in [0.25, 0.3) is 0 Å². The van der Waals surface area contributed by atoms with Gasteiger partial charge in [0.1, 0.15) is 5.60 Å². The van der Waals surface area contributed by atoms with Gasteiger partial charge in [0, 0.05) is 0 Å². The fourth-order valence-electron chi connectivity index (χ4n) is 1.43. The molecular weight excluding hydrogens is 286 g/mol. The van der Waals surface area contributed by atoms with Crippen molar-refractivity contribution in [1.82, 2.24) is 0 Å². The molecule has 0 aliphatic carbocycles. The molecule has 0 spiro atoms. The lowest BCUT2D eigenvalue weighted by Gasteiger charge is -2.20. The highest BCUT2D eigenvalue weighted by Gasteiger charge is 2.21. The molecule has 0 bridgehead atoms. The van der Waals surface area contributed by atoms with Crippen LogP contribution in [0, 0.1) is 0 Å². The van der Waals surface area contributed by atoms with E-state index in [0.717, 1.165) is 0 Å². The van der Waals surface area contributed by atoms with Gasteiger partial charge in [-0.05, 0) is 32.9 Å². The van der Waals surface area contributed by atoms with Crippen LogP contribution < -0.4 is 10.1 Å². The van der Waals surface area contributed by atoms with E-state index in [4.69, 9.17) is 26.2 Å². The molecule has 0 heterocycles. The molecule has 0 saturated heterocycles. The number of ether oxygens (including phenoxy) is 2. The molecule has 6 nitrogen and oxygen atoms in total. The highest BCUT2D eigenvalue weighted by Crippen LogP contribution is 2.36. The molecule has 20 heavy (non-hydrogen) atoms. The number of benzene rings is 1. The lowest BCUT2D eigenvalue weighted by molar-refractivity contribution is 0.0634. The van der Waals surface area contributed by atoms with E-state index in [2.05, 4.69) is 5.32 Å².